The van der Waals surface area contributed by atoms with Crippen LogP contribution in [0.1, 0.15) is 188 Å². The fourth-order valence-corrected chi connectivity index (χ4v) is 12.1. The Balaban J connectivity index is 0.000000148. The minimum Gasteiger partial charge on any atom is -0.299 e. The van der Waals surface area contributed by atoms with E-state index in [-0.39, 0.29) is 120 Å². The maximum atomic E-state index is 11.6. The molecule has 0 amide bonds. The van der Waals surface area contributed by atoms with Gasteiger partial charge in [-0.05, 0) is 125 Å². The molecule has 424 valence electrons. The Hall–Kier alpha value is -7.98. The summed E-state index contributed by atoms with van der Waals surface area (Å²) in [6, 6.07) is 48.6. The molecule has 5 aliphatic carbocycles. The molecule has 5 aliphatic rings. The Morgan fingerprint density at radius 3 is 1.11 bits per heavy atom. The van der Waals surface area contributed by atoms with E-state index in [1.165, 1.54) is 38.9 Å². The minimum atomic E-state index is 0.0485. The normalized spacial score (nSPS) is 17.6. The molecule has 10 nitrogen and oxygen atoms in total. The average molecular weight is 1100 g/mol. The van der Waals surface area contributed by atoms with Gasteiger partial charge in [-0.15, -0.1) is 0 Å². The lowest BCUT2D eigenvalue weighted by molar-refractivity contribution is -0.131. The van der Waals surface area contributed by atoms with Gasteiger partial charge >= 0.3 is 0 Å². The van der Waals surface area contributed by atoms with Crippen LogP contribution in [0.5, 0.6) is 0 Å². The third-order valence-corrected chi connectivity index (χ3v) is 16.3. The lowest BCUT2D eigenvalue weighted by atomic mass is 9.80. The van der Waals surface area contributed by atoms with E-state index >= 15 is 0 Å². The minimum absolute atomic E-state index is 0.0485. The smallest absolute Gasteiger partial charge is 0.140 e. The van der Waals surface area contributed by atoms with Crippen molar-refractivity contribution in [3.63, 3.8) is 0 Å². The number of hydrogen-bond acceptors (Lipinski definition) is 10. The summed E-state index contributed by atoms with van der Waals surface area (Å²) in [5, 5.41) is 0. The number of Topliss-reactive ketones (excluding diaryl/α,β-unsaturated/α-hetero) is 10. The molecule has 0 radical (unpaired) electrons. The molecule has 0 N–H and O–H groups in total. The first kappa shape index (κ1) is 61.6. The van der Waals surface area contributed by atoms with Crippen LogP contribution in [0.15, 0.2) is 146 Å². The van der Waals surface area contributed by atoms with Crippen LogP contribution in [0.25, 0.3) is 11.1 Å². The molecule has 5 fully saturated rings. The molecule has 6 aromatic carbocycles. The number of aryl methyl sites for hydroxylation is 4. The summed E-state index contributed by atoms with van der Waals surface area (Å²) >= 11 is 0. The van der Waals surface area contributed by atoms with Gasteiger partial charge in [0.1, 0.15) is 57.8 Å². The number of carbonyl (C=O) groups excluding carboxylic acids is 10. The highest BCUT2D eigenvalue weighted by atomic mass is 16.2. The Morgan fingerprint density at radius 2 is 0.646 bits per heavy atom. The van der Waals surface area contributed by atoms with Gasteiger partial charge in [0.2, 0.25) is 0 Å². The molecule has 0 heterocycles. The highest BCUT2D eigenvalue weighted by molar-refractivity contribution is 6.04. The van der Waals surface area contributed by atoms with Gasteiger partial charge in [-0.1, -0.05) is 158 Å². The third-order valence-electron chi connectivity index (χ3n) is 16.3. The van der Waals surface area contributed by atoms with E-state index in [1.54, 1.807) is 0 Å². The lowest BCUT2D eigenvalue weighted by Crippen LogP contribution is -2.22. The maximum Gasteiger partial charge on any atom is 0.140 e. The van der Waals surface area contributed by atoms with E-state index in [0.29, 0.717) is 64.2 Å². The predicted octanol–water partition coefficient (Wildman–Crippen LogP) is 13.9. The number of carbonyl (C=O) groups is 10. The van der Waals surface area contributed by atoms with Crippen molar-refractivity contribution in [1.82, 2.24) is 0 Å². The molecule has 0 saturated heterocycles. The van der Waals surface area contributed by atoms with Crippen molar-refractivity contribution in [3.8, 4) is 11.1 Å². The van der Waals surface area contributed by atoms with Crippen molar-refractivity contribution >= 4 is 57.8 Å². The summed E-state index contributed by atoms with van der Waals surface area (Å²) in [6.07, 6.45) is 6.82. The highest BCUT2D eigenvalue weighted by Gasteiger charge is 2.31. The van der Waals surface area contributed by atoms with E-state index in [1.807, 2.05) is 111 Å². The topological polar surface area (TPSA) is 171 Å². The third kappa shape index (κ3) is 18.0. The first-order valence-corrected chi connectivity index (χ1v) is 28.9. The van der Waals surface area contributed by atoms with Crippen molar-refractivity contribution in [2.75, 3.05) is 0 Å². The van der Waals surface area contributed by atoms with Crippen molar-refractivity contribution in [2.24, 2.45) is 0 Å². The molecule has 0 bridgehead atoms. The van der Waals surface area contributed by atoms with Crippen LogP contribution in [-0.2, 0) is 54.4 Å². The van der Waals surface area contributed by atoms with Gasteiger partial charge < -0.3 is 0 Å². The molecule has 0 unspecified atom stereocenters. The van der Waals surface area contributed by atoms with Crippen molar-refractivity contribution in [2.45, 2.75) is 167 Å². The molecule has 82 heavy (non-hydrogen) atoms. The van der Waals surface area contributed by atoms with Gasteiger partial charge in [0.15, 0.2) is 0 Å². The van der Waals surface area contributed by atoms with Crippen LogP contribution in [0, 0.1) is 27.7 Å². The van der Waals surface area contributed by atoms with Crippen molar-refractivity contribution in [3.05, 3.63) is 201 Å². The summed E-state index contributed by atoms with van der Waals surface area (Å²) in [5.74, 6) is 1.30. The summed E-state index contributed by atoms with van der Waals surface area (Å²) < 4.78 is 0. The fraction of sp³-hybridized carbons (Fsp3) is 0.361. The number of hydrogen-bond donors (Lipinski definition) is 0. The molecule has 0 atom stereocenters. The summed E-state index contributed by atoms with van der Waals surface area (Å²) in [7, 11) is 0. The lowest BCUT2D eigenvalue weighted by Gasteiger charge is -2.22. The first-order valence-electron chi connectivity index (χ1n) is 28.9. The van der Waals surface area contributed by atoms with Gasteiger partial charge in [-0.2, -0.15) is 0 Å². The number of benzene rings is 6. The van der Waals surface area contributed by atoms with Crippen LogP contribution in [-0.4, -0.2) is 57.8 Å². The van der Waals surface area contributed by atoms with Gasteiger partial charge in [0.05, 0.1) is 32.1 Å². The molecule has 11 rings (SSSR count). The molecule has 0 aromatic heterocycles. The predicted molar refractivity (Wildman–Crippen MR) is 319 cm³/mol. The Kier molecular flexibility index (Phi) is 22.3. The summed E-state index contributed by atoms with van der Waals surface area (Å²) in [6.45, 7) is 10.3. The average Bonchev–Trinajstić information content (AvgIpc) is 3.51. The second kappa shape index (κ2) is 29.7. The largest absolute Gasteiger partial charge is 0.299 e. The Morgan fingerprint density at radius 1 is 0.305 bits per heavy atom. The SMILES string of the molecule is CCc1ccccc1C1CC(=O)CC(=O)C1.Cc1cccc(C2CC(=O)CC(=O)C2)c1.Cc1cccc(C2CC(=O)CC(=O)C2)c1C.Cc1ccccc1C1CC(=O)CC(=O)C1.O=C1CC(=O)CC(c2cccc(-c3ccccc3)c2)C1. The van der Waals surface area contributed by atoms with E-state index in [2.05, 4.69) is 69.3 Å². The second-order valence-corrected chi connectivity index (χ2v) is 22.9. The number of ketones is 10. The van der Waals surface area contributed by atoms with Crippen LogP contribution in [0.3, 0.4) is 0 Å². The van der Waals surface area contributed by atoms with Crippen LogP contribution in [0.4, 0.5) is 0 Å². The quantitative estimate of drug-likeness (QED) is 0.140. The zero-order valence-corrected chi connectivity index (χ0v) is 48.1. The van der Waals surface area contributed by atoms with Crippen LogP contribution < -0.4 is 0 Å². The Labute approximate surface area is 482 Å². The van der Waals surface area contributed by atoms with E-state index in [0.717, 1.165) is 34.2 Å². The zero-order chi connectivity index (χ0) is 58.9. The molecule has 0 aliphatic heterocycles. The molecule has 5 saturated carbocycles. The van der Waals surface area contributed by atoms with E-state index in [9.17, 15) is 47.9 Å². The Bertz CT molecular complexity index is 3260. The molecule has 10 heteroatoms. The molecular formula is C72H76O10. The summed E-state index contributed by atoms with van der Waals surface area (Å²) in [4.78, 5) is 114. The van der Waals surface area contributed by atoms with E-state index < -0.39 is 0 Å². The van der Waals surface area contributed by atoms with Crippen LogP contribution in [0.2, 0.25) is 0 Å². The van der Waals surface area contributed by atoms with Crippen LogP contribution >= 0.6 is 0 Å². The molecule has 0 spiro atoms. The second-order valence-electron chi connectivity index (χ2n) is 22.9. The van der Waals surface area contributed by atoms with Gasteiger partial charge in [0, 0.05) is 64.2 Å². The van der Waals surface area contributed by atoms with Crippen molar-refractivity contribution in [1.29, 1.82) is 0 Å². The van der Waals surface area contributed by atoms with Gasteiger partial charge in [-0.3, -0.25) is 47.9 Å². The monoisotopic (exact) mass is 1100 g/mol. The van der Waals surface area contributed by atoms with Gasteiger partial charge in [0.25, 0.3) is 0 Å². The number of rotatable bonds is 7. The van der Waals surface area contributed by atoms with E-state index in [4.69, 9.17) is 0 Å². The highest BCUT2D eigenvalue weighted by Crippen LogP contribution is 2.36. The van der Waals surface area contributed by atoms with Gasteiger partial charge in [-0.25, -0.2) is 0 Å². The zero-order valence-electron chi connectivity index (χ0n) is 48.1. The first-order chi connectivity index (χ1) is 39.3. The molecule has 6 aromatic rings. The summed E-state index contributed by atoms with van der Waals surface area (Å²) in [5.41, 5.74) is 14.1. The molecular weight excluding hydrogens is 1020 g/mol. The standard InChI is InChI=1S/C18H16O2.2C14H16O2.2C13H14O2/c19-17-10-16(11-18(20)12-17)15-8-4-7-14(9-15)13-5-2-1-3-6-13;1-9-4-3-5-14(10(9)2)11-6-12(15)8-13(16)7-11;1-2-10-5-3-4-6-14(10)11-7-12(15)9-13(16)8-11;1-9-3-2-4-10(5-9)11-6-12(14)8-13(15)7-11;1-9-4-2-3-5-13(9)10-6-11(14)8-12(15)7-10/h1-9,16H,10-12H2;3-5,11H,6-8H2,1-2H3;3-6,11H,2,7-9H2,1H3;2-5,11H,6-8H2,1H3;2-5,10H,6-8H2,1H3. The fourth-order valence-electron chi connectivity index (χ4n) is 12.1. The van der Waals surface area contributed by atoms with Crippen molar-refractivity contribution < 1.29 is 47.9 Å². The maximum absolute atomic E-state index is 11.6.